The van der Waals surface area contributed by atoms with Gasteiger partial charge in [0.05, 0.1) is 5.56 Å². The van der Waals surface area contributed by atoms with E-state index in [1.807, 2.05) is 24.0 Å². The molecule has 2 saturated heterocycles. The first-order valence-electron chi connectivity index (χ1n) is 7.17. The van der Waals surface area contributed by atoms with Gasteiger partial charge in [-0.1, -0.05) is 0 Å². The van der Waals surface area contributed by atoms with Crippen LogP contribution in [0.25, 0.3) is 0 Å². The van der Waals surface area contributed by atoms with Crippen molar-refractivity contribution in [3.05, 3.63) is 29.6 Å². The van der Waals surface area contributed by atoms with Crippen molar-refractivity contribution in [1.82, 2.24) is 15.2 Å². The SMILES string of the molecule is Cc1ncccc1C(=O)N1CC[C@@H]2CNC[C@@H]2CC1. The number of aryl methyl sites for hydroxylation is 1. The normalized spacial score (nSPS) is 26.9. The van der Waals surface area contributed by atoms with E-state index in [0.29, 0.717) is 0 Å². The van der Waals surface area contributed by atoms with Gasteiger partial charge in [0.15, 0.2) is 0 Å². The molecule has 3 rings (SSSR count). The highest BCUT2D eigenvalue weighted by Crippen LogP contribution is 2.27. The minimum atomic E-state index is 0.151. The Morgan fingerprint density at radius 3 is 2.63 bits per heavy atom. The summed E-state index contributed by atoms with van der Waals surface area (Å²) in [6.45, 7) is 5.92. The second-order valence-electron chi connectivity index (χ2n) is 5.68. The van der Waals surface area contributed by atoms with Crippen LogP contribution in [0.5, 0.6) is 0 Å². The molecular formula is C15H21N3O. The van der Waals surface area contributed by atoms with Crippen molar-refractivity contribution in [2.75, 3.05) is 26.2 Å². The molecule has 0 spiro atoms. The molecule has 0 aromatic carbocycles. The van der Waals surface area contributed by atoms with Gasteiger partial charge in [-0.2, -0.15) is 0 Å². The molecular weight excluding hydrogens is 238 g/mol. The molecule has 1 amide bonds. The van der Waals surface area contributed by atoms with Crippen LogP contribution in [0.4, 0.5) is 0 Å². The van der Waals surface area contributed by atoms with Crippen LogP contribution >= 0.6 is 0 Å². The fraction of sp³-hybridized carbons (Fsp3) is 0.600. The van der Waals surface area contributed by atoms with Crippen molar-refractivity contribution < 1.29 is 4.79 Å². The van der Waals surface area contributed by atoms with Crippen molar-refractivity contribution >= 4 is 5.91 Å². The summed E-state index contributed by atoms with van der Waals surface area (Å²) in [5, 5.41) is 3.46. The van der Waals surface area contributed by atoms with Gasteiger partial charge < -0.3 is 10.2 Å². The smallest absolute Gasteiger partial charge is 0.255 e. The molecule has 0 radical (unpaired) electrons. The summed E-state index contributed by atoms with van der Waals surface area (Å²) < 4.78 is 0. The third-order valence-electron chi connectivity index (χ3n) is 4.54. The highest BCUT2D eigenvalue weighted by atomic mass is 16.2. The predicted octanol–water partition coefficient (Wildman–Crippen LogP) is 1.46. The van der Waals surface area contributed by atoms with Gasteiger partial charge in [0.2, 0.25) is 0 Å². The van der Waals surface area contributed by atoms with Gasteiger partial charge >= 0.3 is 0 Å². The fourth-order valence-electron chi connectivity index (χ4n) is 3.30. The summed E-state index contributed by atoms with van der Waals surface area (Å²) in [6, 6.07) is 3.73. The van der Waals surface area contributed by atoms with E-state index in [1.165, 1.54) is 0 Å². The van der Waals surface area contributed by atoms with E-state index >= 15 is 0 Å². The van der Waals surface area contributed by atoms with E-state index in [4.69, 9.17) is 0 Å². The molecule has 102 valence electrons. The molecule has 1 aromatic rings. The zero-order chi connectivity index (χ0) is 13.2. The third-order valence-corrected chi connectivity index (χ3v) is 4.54. The van der Waals surface area contributed by atoms with E-state index < -0.39 is 0 Å². The largest absolute Gasteiger partial charge is 0.339 e. The second kappa shape index (κ2) is 5.29. The average Bonchev–Trinajstić information content (AvgIpc) is 2.78. The van der Waals surface area contributed by atoms with Crippen LogP contribution in [0.15, 0.2) is 18.3 Å². The number of amides is 1. The van der Waals surface area contributed by atoms with E-state index in [2.05, 4.69) is 10.3 Å². The Hall–Kier alpha value is -1.42. The minimum absolute atomic E-state index is 0.151. The van der Waals surface area contributed by atoms with E-state index in [0.717, 1.165) is 62.1 Å². The molecule has 4 nitrogen and oxygen atoms in total. The van der Waals surface area contributed by atoms with Gasteiger partial charge in [0, 0.05) is 25.0 Å². The standard InChI is InChI=1S/C15H21N3O/c1-11-14(3-2-6-17-11)15(19)18-7-4-12-9-16-10-13(12)5-8-18/h2-3,6,12-13,16H,4-5,7-10H2,1H3/t12-,13+. The monoisotopic (exact) mass is 259 g/mol. The number of rotatable bonds is 1. The minimum Gasteiger partial charge on any atom is -0.339 e. The van der Waals surface area contributed by atoms with Gasteiger partial charge in [-0.05, 0) is 56.8 Å². The van der Waals surface area contributed by atoms with Crippen molar-refractivity contribution in [1.29, 1.82) is 0 Å². The maximum absolute atomic E-state index is 12.6. The Balaban J connectivity index is 1.72. The van der Waals surface area contributed by atoms with Crippen LogP contribution in [-0.2, 0) is 0 Å². The van der Waals surface area contributed by atoms with Gasteiger partial charge in [0.1, 0.15) is 0 Å². The number of aromatic nitrogens is 1. The van der Waals surface area contributed by atoms with Gasteiger partial charge in [-0.15, -0.1) is 0 Å². The summed E-state index contributed by atoms with van der Waals surface area (Å²) >= 11 is 0. The lowest BCUT2D eigenvalue weighted by Crippen LogP contribution is -2.33. The molecule has 1 N–H and O–H groups in total. The summed E-state index contributed by atoms with van der Waals surface area (Å²) in [5.41, 5.74) is 1.59. The quantitative estimate of drug-likeness (QED) is 0.830. The van der Waals surface area contributed by atoms with E-state index in [9.17, 15) is 4.79 Å². The van der Waals surface area contributed by atoms with Crippen LogP contribution < -0.4 is 5.32 Å². The van der Waals surface area contributed by atoms with Crippen molar-refractivity contribution in [2.24, 2.45) is 11.8 Å². The first kappa shape index (κ1) is 12.6. The lowest BCUT2D eigenvalue weighted by molar-refractivity contribution is 0.0757. The van der Waals surface area contributed by atoms with Gasteiger partial charge in [-0.3, -0.25) is 9.78 Å². The number of fused-ring (bicyclic) bond motifs is 1. The highest BCUT2D eigenvalue weighted by molar-refractivity contribution is 5.95. The molecule has 2 aliphatic heterocycles. The van der Waals surface area contributed by atoms with Crippen LogP contribution in [0.3, 0.4) is 0 Å². The molecule has 2 aliphatic rings. The van der Waals surface area contributed by atoms with Crippen LogP contribution in [-0.4, -0.2) is 42.0 Å². The summed E-state index contributed by atoms with van der Waals surface area (Å²) in [6.07, 6.45) is 4.00. The van der Waals surface area contributed by atoms with Crippen LogP contribution in [0, 0.1) is 18.8 Å². The molecule has 4 heteroatoms. The van der Waals surface area contributed by atoms with Crippen molar-refractivity contribution in [2.45, 2.75) is 19.8 Å². The Kier molecular flexibility index (Phi) is 3.51. The number of hydrogen-bond donors (Lipinski definition) is 1. The second-order valence-corrected chi connectivity index (χ2v) is 5.68. The molecule has 3 heterocycles. The Morgan fingerprint density at radius 1 is 1.32 bits per heavy atom. The van der Waals surface area contributed by atoms with Crippen LogP contribution in [0.2, 0.25) is 0 Å². The Morgan fingerprint density at radius 2 is 2.00 bits per heavy atom. The topological polar surface area (TPSA) is 45.2 Å². The average molecular weight is 259 g/mol. The molecule has 2 fully saturated rings. The fourth-order valence-corrected chi connectivity index (χ4v) is 3.30. The third kappa shape index (κ3) is 2.50. The zero-order valence-corrected chi connectivity index (χ0v) is 11.4. The van der Waals surface area contributed by atoms with Gasteiger partial charge in [0.25, 0.3) is 5.91 Å². The zero-order valence-electron chi connectivity index (χ0n) is 11.4. The maximum atomic E-state index is 12.6. The van der Waals surface area contributed by atoms with Gasteiger partial charge in [-0.25, -0.2) is 0 Å². The summed E-state index contributed by atoms with van der Waals surface area (Å²) in [4.78, 5) is 18.8. The first-order chi connectivity index (χ1) is 9.25. The molecule has 19 heavy (non-hydrogen) atoms. The molecule has 0 aliphatic carbocycles. The van der Waals surface area contributed by atoms with Crippen molar-refractivity contribution in [3.63, 3.8) is 0 Å². The molecule has 2 atom stereocenters. The molecule has 0 bridgehead atoms. The van der Waals surface area contributed by atoms with Crippen molar-refractivity contribution in [3.8, 4) is 0 Å². The number of carbonyl (C=O) groups excluding carboxylic acids is 1. The number of hydrogen-bond acceptors (Lipinski definition) is 3. The summed E-state index contributed by atoms with van der Waals surface area (Å²) in [5.74, 6) is 1.67. The molecule has 0 saturated carbocycles. The van der Waals surface area contributed by atoms with E-state index in [-0.39, 0.29) is 5.91 Å². The number of pyridine rings is 1. The predicted molar refractivity (Wildman–Crippen MR) is 74.0 cm³/mol. The lowest BCUT2D eigenvalue weighted by Gasteiger charge is -2.21. The number of nitrogens with one attached hydrogen (secondary N) is 1. The Bertz CT molecular complexity index is 460. The van der Waals surface area contributed by atoms with E-state index in [1.54, 1.807) is 6.20 Å². The number of likely N-dealkylation sites (tertiary alicyclic amines) is 1. The first-order valence-corrected chi connectivity index (χ1v) is 7.17. The lowest BCUT2D eigenvalue weighted by atomic mass is 9.92. The highest BCUT2D eigenvalue weighted by Gasteiger charge is 2.31. The maximum Gasteiger partial charge on any atom is 0.255 e. The summed E-state index contributed by atoms with van der Waals surface area (Å²) in [7, 11) is 0. The van der Waals surface area contributed by atoms with Crippen LogP contribution in [0.1, 0.15) is 28.9 Å². The molecule has 1 aromatic heterocycles. The number of carbonyl (C=O) groups is 1. The number of nitrogens with zero attached hydrogens (tertiary/aromatic N) is 2. The molecule has 0 unspecified atom stereocenters. The Labute approximate surface area is 114 Å².